The van der Waals surface area contributed by atoms with Gasteiger partial charge in [0.05, 0.1) is 38.1 Å². The zero-order chi connectivity index (χ0) is 31.0. The minimum absolute atomic E-state index is 0.00129. The fraction of sp³-hybridized carbons (Fsp3) is 0.735. The molecule has 2 saturated heterocycles. The van der Waals surface area contributed by atoms with Crippen molar-refractivity contribution in [3.8, 4) is 0 Å². The predicted octanol–water partition coefficient (Wildman–Crippen LogP) is 5.27. The van der Waals surface area contributed by atoms with Crippen molar-refractivity contribution in [3.05, 3.63) is 48.6 Å². The standard InChI is InChI=1S/C34H57NO8/c1-3-4-5-6-7-8-9-10-11-12-13-14-15-16-17-18-19-32(38)35-22-23-40-33-25-29(24-30(27-37)41-33)43-34-31(39-2)21-20-28(26-36)42-34/h6-7,9-10,12-13,15-16,28-31,33-34,36-37H,3-5,8,11,14,17-27H2,1-2H3,(H,35,38)/b7-6-,10-9-,13-12-,16-15-/t28-,29-,30-,31+,33+,34-/m0/s1. The largest absolute Gasteiger partial charge is 0.394 e. The molecule has 1 amide bonds. The Hall–Kier alpha value is -1.85. The number of rotatable bonds is 22. The Bertz CT molecular complexity index is 829. The van der Waals surface area contributed by atoms with Gasteiger partial charge >= 0.3 is 0 Å². The molecule has 0 bridgehead atoms. The molecular formula is C34H57NO8. The van der Waals surface area contributed by atoms with Gasteiger partial charge in [0.2, 0.25) is 5.91 Å². The number of ether oxygens (including phenoxy) is 5. The molecule has 0 aromatic rings. The van der Waals surface area contributed by atoms with Gasteiger partial charge in [-0.1, -0.05) is 68.4 Å². The van der Waals surface area contributed by atoms with Crippen LogP contribution in [0.2, 0.25) is 0 Å². The van der Waals surface area contributed by atoms with Crippen LogP contribution in [0.15, 0.2) is 48.6 Å². The molecule has 2 aliphatic heterocycles. The first kappa shape index (κ1) is 37.3. The molecule has 2 aliphatic rings. The number of amides is 1. The summed E-state index contributed by atoms with van der Waals surface area (Å²) >= 11 is 0. The molecule has 6 atom stereocenters. The van der Waals surface area contributed by atoms with E-state index in [1.807, 2.05) is 0 Å². The lowest BCUT2D eigenvalue weighted by atomic mass is 10.0. The van der Waals surface area contributed by atoms with Crippen LogP contribution in [0.25, 0.3) is 0 Å². The number of unbranched alkanes of at least 4 members (excludes halogenated alkanes) is 3. The molecule has 3 N–H and O–H groups in total. The lowest BCUT2D eigenvalue weighted by Crippen LogP contribution is -2.48. The van der Waals surface area contributed by atoms with Gasteiger partial charge in [0.25, 0.3) is 0 Å². The van der Waals surface area contributed by atoms with E-state index in [4.69, 9.17) is 23.7 Å². The van der Waals surface area contributed by atoms with Crippen molar-refractivity contribution in [2.45, 2.75) is 127 Å². The molecule has 0 aromatic carbocycles. The minimum atomic E-state index is -0.593. The lowest BCUT2D eigenvalue weighted by molar-refractivity contribution is -0.294. The molecule has 0 saturated carbocycles. The summed E-state index contributed by atoms with van der Waals surface area (Å²) < 4.78 is 29.2. The van der Waals surface area contributed by atoms with Crippen molar-refractivity contribution in [1.29, 1.82) is 0 Å². The first-order valence-corrected chi connectivity index (χ1v) is 16.3. The van der Waals surface area contributed by atoms with E-state index in [-0.39, 0.29) is 37.4 Å². The molecule has 0 radical (unpaired) electrons. The van der Waals surface area contributed by atoms with E-state index in [0.29, 0.717) is 38.8 Å². The molecule has 0 unspecified atom stereocenters. The Morgan fingerprint density at radius 3 is 2.14 bits per heavy atom. The lowest BCUT2D eigenvalue weighted by Gasteiger charge is -2.40. The number of allylic oxidation sites excluding steroid dienone is 8. The monoisotopic (exact) mass is 607 g/mol. The fourth-order valence-electron chi connectivity index (χ4n) is 4.99. The van der Waals surface area contributed by atoms with Crippen LogP contribution in [-0.4, -0.2) is 86.6 Å². The normalized spacial score (nSPS) is 26.8. The van der Waals surface area contributed by atoms with Crippen molar-refractivity contribution in [1.82, 2.24) is 5.32 Å². The highest BCUT2D eigenvalue weighted by Gasteiger charge is 2.37. The molecule has 9 nitrogen and oxygen atoms in total. The summed E-state index contributed by atoms with van der Waals surface area (Å²) in [6.45, 7) is 2.69. The molecule has 43 heavy (non-hydrogen) atoms. The van der Waals surface area contributed by atoms with Crippen molar-refractivity contribution < 1.29 is 38.7 Å². The summed E-state index contributed by atoms with van der Waals surface area (Å²) in [5, 5.41) is 22.1. The Morgan fingerprint density at radius 2 is 1.51 bits per heavy atom. The van der Waals surface area contributed by atoms with E-state index < -0.39 is 18.7 Å². The Balaban J connectivity index is 1.53. The predicted molar refractivity (Wildman–Crippen MR) is 168 cm³/mol. The van der Waals surface area contributed by atoms with Gasteiger partial charge in [-0.05, 0) is 51.4 Å². The van der Waals surface area contributed by atoms with E-state index in [9.17, 15) is 15.0 Å². The Morgan fingerprint density at radius 1 is 0.860 bits per heavy atom. The number of aliphatic hydroxyl groups excluding tert-OH is 2. The highest BCUT2D eigenvalue weighted by atomic mass is 16.7. The molecule has 9 heteroatoms. The van der Waals surface area contributed by atoms with Crippen LogP contribution >= 0.6 is 0 Å². The average molecular weight is 608 g/mol. The summed E-state index contributed by atoms with van der Waals surface area (Å²) in [6.07, 6.45) is 26.4. The SMILES string of the molecule is CCCC/C=C\C/C=C\C/C=C\C/C=C\CCCC(=O)NCCO[C@H]1C[C@@H](O[C@@H]2O[C@H](CO)CC[C@H]2OC)C[C@@H](CO)O1. The van der Waals surface area contributed by atoms with Crippen LogP contribution in [0.1, 0.15) is 90.4 Å². The van der Waals surface area contributed by atoms with Crippen molar-refractivity contribution in [2.75, 3.05) is 33.5 Å². The van der Waals surface area contributed by atoms with Crippen molar-refractivity contribution in [2.24, 2.45) is 0 Å². The molecule has 2 rings (SSSR count). The van der Waals surface area contributed by atoms with E-state index in [1.54, 1.807) is 7.11 Å². The molecule has 2 fully saturated rings. The quantitative estimate of drug-likeness (QED) is 0.113. The number of hydrogen-bond donors (Lipinski definition) is 3. The first-order valence-electron chi connectivity index (χ1n) is 16.3. The summed E-state index contributed by atoms with van der Waals surface area (Å²) in [6, 6.07) is 0. The van der Waals surface area contributed by atoms with Crippen LogP contribution in [0.4, 0.5) is 0 Å². The van der Waals surface area contributed by atoms with E-state index in [0.717, 1.165) is 38.5 Å². The van der Waals surface area contributed by atoms with E-state index in [2.05, 4.69) is 60.8 Å². The topological polar surface area (TPSA) is 116 Å². The second kappa shape index (κ2) is 24.5. The third-order valence-electron chi connectivity index (χ3n) is 7.48. The zero-order valence-electron chi connectivity index (χ0n) is 26.4. The molecular weight excluding hydrogens is 550 g/mol. The second-order valence-corrected chi connectivity index (χ2v) is 11.1. The van der Waals surface area contributed by atoms with Crippen molar-refractivity contribution >= 4 is 5.91 Å². The average Bonchev–Trinajstić information content (AvgIpc) is 3.02. The maximum atomic E-state index is 12.2. The third-order valence-corrected chi connectivity index (χ3v) is 7.48. The maximum absolute atomic E-state index is 12.2. The summed E-state index contributed by atoms with van der Waals surface area (Å²) in [4.78, 5) is 12.2. The third kappa shape index (κ3) is 17.3. The van der Waals surface area contributed by atoms with Crippen LogP contribution in [0.3, 0.4) is 0 Å². The number of carbonyl (C=O) groups excluding carboxylic acids is 1. The van der Waals surface area contributed by atoms with Gasteiger partial charge < -0.3 is 39.2 Å². The Labute approximate surface area is 259 Å². The van der Waals surface area contributed by atoms with Crippen LogP contribution in [0, 0.1) is 0 Å². The van der Waals surface area contributed by atoms with E-state index >= 15 is 0 Å². The Kier molecular flexibility index (Phi) is 21.2. The number of carbonyl (C=O) groups is 1. The van der Waals surface area contributed by atoms with E-state index in [1.165, 1.54) is 19.3 Å². The van der Waals surface area contributed by atoms with Gasteiger partial charge in [-0.3, -0.25) is 4.79 Å². The molecule has 246 valence electrons. The molecule has 0 spiro atoms. The smallest absolute Gasteiger partial charge is 0.220 e. The molecule has 0 aliphatic carbocycles. The minimum Gasteiger partial charge on any atom is -0.394 e. The number of nitrogens with one attached hydrogen (secondary N) is 1. The van der Waals surface area contributed by atoms with Gasteiger partial charge in [-0.25, -0.2) is 0 Å². The number of methoxy groups -OCH3 is 1. The maximum Gasteiger partial charge on any atom is 0.220 e. The van der Waals surface area contributed by atoms with Gasteiger partial charge in [-0.2, -0.15) is 0 Å². The van der Waals surface area contributed by atoms with Gasteiger partial charge in [0, 0.05) is 32.9 Å². The van der Waals surface area contributed by atoms with Gasteiger partial charge in [-0.15, -0.1) is 0 Å². The van der Waals surface area contributed by atoms with Crippen LogP contribution in [-0.2, 0) is 28.5 Å². The van der Waals surface area contributed by atoms with Crippen LogP contribution in [0.5, 0.6) is 0 Å². The first-order chi connectivity index (χ1) is 21.1. The zero-order valence-corrected chi connectivity index (χ0v) is 26.4. The number of aliphatic hydroxyl groups is 2. The van der Waals surface area contributed by atoms with Crippen LogP contribution < -0.4 is 5.32 Å². The highest BCUT2D eigenvalue weighted by Crippen LogP contribution is 2.29. The van der Waals surface area contributed by atoms with Gasteiger partial charge in [0.1, 0.15) is 6.10 Å². The van der Waals surface area contributed by atoms with Crippen molar-refractivity contribution in [3.63, 3.8) is 0 Å². The highest BCUT2D eigenvalue weighted by molar-refractivity contribution is 5.75. The molecule has 0 aromatic heterocycles. The summed E-state index contributed by atoms with van der Waals surface area (Å²) in [7, 11) is 1.62. The number of hydrogen-bond acceptors (Lipinski definition) is 8. The summed E-state index contributed by atoms with van der Waals surface area (Å²) in [5.74, 6) is 0.00129. The van der Waals surface area contributed by atoms with Gasteiger partial charge in [0.15, 0.2) is 12.6 Å². The fourth-order valence-corrected chi connectivity index (χ4v) is 4.99. The second-order valence-electron chi connectivity index (χ2n) is 11.1. The summed E-state index contributed by atoms with van der Waals surface area (Å²) in [5.41, 5.74) is 0. The molecule has 2 heterocycles.